The van der Waals surface area contributed by atoms with Crippen molar-refractivity contribution in [3.05, 3.63) is 35.9 Å². The zero-order chi connectivity index (χ0) is 10.6. The van der Waals surface area contributed by atoms with Crippen LogP contribution in [0.4, 0.5) is 0 Å². The lowest BCUT2D eigenvalue weighted by Gasteiger charge is -2.26. The standard InChI is InChI=1S/C12H15NO/c1-3-12(2,9-13)11(14)10-7-5-4-6-8-10/h4-8,11,14H,3H2,1-2H3. The fraction of sp³-hybridized carbons (Fsp3) is 0.417. The number of nitrogens with zero attached hydrogens (tertiary/aromatic N) is 1. The molecule has 0 saturated carbocycles. The monoisotopic (exact) mass is 189 g/mol. The molecule has 2 atom stereocenters. The maximum atomic E-state index is 10.0. The number of rotatable bonds is 3. The van der Waals surface area contributed by atoms with E-state index in [-0.39, 0.29) is 0 Å². The summed E-state index contributed by atoms with van der Waals surface area (Å²) in [6.07, 6.45) is -0.0711. The highest BCUT2D eigenvalue weighted by molar-refractivity contribution is 5.21. The molecule has 0 spiro atoms. The molecule has 1 N–H and O–H groups in total. The molecule has 0 aromatic heterocycles. The molecule has 0 saturated heterocycles. The lowest BCUT2D eigenvalue weighted by molar-refractivity contribution is 0.0722. The maximum absolute atomic E-state index is 10.0. The van der Waals surface area contributed by atoms with Gasteiger partial charge in [-0.3, -0.25) is 0 Å². The van der Waals surface area contributed by atoms with Crippen molar-refractivity contribution >= 4 is 0 Å². The van der Waals surface area contributed by atoms with Gasteiger partial charge in [-0.05, 0) is 18.9 Å². The summed E-state index contributed by atoms with van der Waals surface area (Å²) in [5, 5.41) is 19.0. The SMILES string of the molecule is CCC(C)(C#N)C(O)c1ccccc1. The Labute approximate surface area is 84.8 Å². The van der Waals surface area contributed by atoms with E-state index in [1.165, 1.54) is 0 Å². The second kappa shape index (κ2) is 4.26. The van der Waals surface area contributed by atoms with E-state index in [9.17, 15) is 5.11 Å². The fourth-order valence-corrected chi connectivity index (χ4v) is 1.34. The molecule has 1 rings (SSSR count). The molecule has 74 valence electrons. The Morgan fingerprint density at radius 3 is 2.43 bits per heavy atom. The van der Waals surface area contributed by atoms with Gasteiger partial charge in [0.1, 0.15) is 0 Å². The van der Waals surface area contributed by atoms with Crippen molar-refractivity contribution in [2.24, 2.45) is 5.41 Å². The number of aliphatic hydroxyl groups is 1. The van der Waals surface area contributed by atoms with Gasteiger partial charge in [0.25, 0.3) is 0 Å². The molecule has 2 unspecified atom stereocenters. The highest BCUT2D eigenvalue weighted by Gasteiger charge is 2.32. The molecule has 2 nitrogen and oxygen atoms in total. The zero-order valence-corrected chi connectivity index (χ0v) is 8.57. The summed E-state index contributed by atoms with van der Waals surface area (Å²) in [6, 6.07) is 11.5. The van der Waals surface area contributed by atoms with Crippen LogP contribution in [0.1, 0.15) is 31.9 Å². The molecule has 0 amide bonds. The van der Waals surface area contributed by atoms with E-state index < -0.39 is 11.5 Å². The molecule has 0 radical (unpaired) electrons. The Bertz CT molecular complexity index is 328. The van der Waals surface area contributed by atoms with E-state index in [0.717, 1.165) is 5.56 Å². The number of hydrogen-bond acceptors (Lipinski definition) is 2. The number of aliphatic hydroxyl groups excluding tert-OH is 1. The summed E-state index contributed by atoms with van der Waals surface area (Å²) in [4.78, 5) is 0. The second-order valence-corrected chi connectivity index (χ2v) is 3.70. The summed E-state index contributed by atoms with van der Waals surface area (Å²) in [5.41, 5.74) is 0.111. The van der Waals surface area contributed by atoms with E-state index in [1.807, 2.05) is 37.3 Å². The normalized spacial score (nSPS) is 16.7. The van der Waals surface area contributed by atoms with Crippen molar-refractivity contribution < 1.29 is 5.11 Å². The number of hydrogen-bond donors (Lipinski definition) is 1. The van der Waals surface area contributed by atoms with E-state index >= 15 is 0 Å². The topological polar surface area (TPSA) is 44.0 Å². The molecule has 14 heavy (non-hydrogen) atoms. The molecule has 1 aromatic carbocycles. The van der Waals surface area contributed by atoms with Crippen molar-refractivity contribution in [2.45, 2.75) is 26.4 Å². The van der Waals surface area contributed by atoms with Gasteiger partial charge in [0.2, 0.25) is 0 Å². The smallest absolute Gasteiger partial charge is 0.0973 e. The van der Waals surface area contributed by atoms with Crippen LogP contribution in [-0.2, 0) is 0 Å². The van der Waals surface area contributed by atoms with Gasteiger partial charge < -0.3 is 5.11 Å². The quantitative estimate of drug-likeness (QED) is 0.794. The van der Waals surface area contributed by atoms with Gasteiger partial charge in [-0.2, -0.15) is 5.26 Å². The first kappa shape index (κ1) is 10.7. The summed E-state index contributed by atoms with van der Waals surface area (Å²) >= 11 is 0. The molecule has 0 heterocycles. The van der Waals surface area contributed by atoms with Gasteiger partial charge in [-0.15, -0.1) is 0 Å². The summed E-state index contributed by atoms with van der Waals surface area (Å²) in [6.45, 7) is 3.69. The van der Waals surface area contributed by atoms with Gasteiger partial charge in [-0.25, -0.2) is 0 Å². The van der Waals surface area contributed by atoms with Crippen LogP contribution in [0.15, 0.2) is 30.3 Å². The first-order valence-electron chi connectivity index (χ1n) is 4.78. The summed E-state index contributed by atoms with van der Waals surface area (Å²) in [7, 11) is 0. The van der Waals surface area contributed by atoms with Gasteiger partial charge in [-0.1, -0.05) is 37.3 Å². The van der Waals surface area contributed by atoms with Gasteiger partial charge in [0, 0.05) is 0 Å². The predicted molar refractivity (Wildman–Crippen MR) is 55.4 cm³/mol. The van der Waals surface area contributed by atoms with Gasteiger partial charge in [0.15, 0.2) is 0 Å². The second-order valence-electron chi connectivity index (χ2n) is 3.70. The van der Waals surface area contributed by atoms with Crippen molar-refractivity contribution in [1.82, 2.24) is 0 Å². The van der Waals surface area contributed by atoms with Crippen molar-refractivity contribution in [1.29, 1.82) is 5.26 Å². The molecule has 0 aliphatic heterocycles. The van der Waals surface area contributed by atoms with Crippen LogP contribution in [0.2, 0.25) is 0 Å². The molecule has 1 aromatic rings. The molecule has 2 heteroatoms. The lowest BCUT2D eigenvalue weighted by atomic mass is 9.80. The lowest BCUT2D eigenvalue weighted by Crippen LogP contribution is -2.22. The van der Waals surface area contributed by atoms with Crippen LogP contribution >= 0.6 is 0 Å². The zero-order valence-electron chi connectivity index (χ0n) is 8.57. The maximum Gasteiger partial charge on any atom is 0.0973 e. The highest BCUT2D eigenvalue weighted by atomic mass is 16.3. The van der Waals surface area contributed by atoms with E-state index in [4.69, 9.17) is 5.26 Å². The first-order valence-corrected chi connectivity index (χ1v) is 4.78. The molecular weight excluding hydrogens is 174 g/mol. The fourth-order valence-electron chi connectivity index (χ4n) is 1.34. The third kappa shape index (κ3) is 1.94. The molecule has 0 aliphatic carbocycles. The minimum Gasteiger partial charge on any atom is -0.387 e. The predicted octanol–water partition coefficient (Wildman–Crippen LogP) is 2.66. The molecule has 0 aliphatic rings. The molecular formula is C12H15NO. The van der Waals surface area contributed by atoms with Crippen molar-refractivity contribution in [2.75, 3.05) is 0 Å². The van der Waals surface area contributed by atoms with Crippen LogP contribution in [0.5, 0.6) is 0 Å². The summed E-state index contributed by atoms with van der Waals surface area (Å²) < 4.78 is 0. The Morgan fingerprint density at radius 2 is 2.00 bits per heavy atom. The van der Waals surface area contributed by atoms with Gasteiger partial charge in [0.05, 0.1) is 17.6 Å². The van der Waals surface area contributed by atoms with E-state index in [1.54, 1.807) is 6.92 Å². The molecule has 0 bridgehead atoms. The van der Waals surface area contributed by atoms with Crippen molar-refractivity contribution in [3.63, 3.8) is 0 Å². The Hall–Kier alpha value is -1.33. The Morgan fingerprint density at radius 1 is 1.43 bits per heavy atom. The highest BCUT2D eigenvalue weighted by Crippen LogP contribution is 2.35. The third-order valence-corrected chi connectivity index (χ3v) is 2.71. The minimum atomic E-state index is -0.710. The Kier molecular flexibility index (Phi) is 3.27. The minimum absolute atomic E-state index is 0.638. The van der Waals surface area contributed by atoms with Crippen LogP contribution < -0.4 is 0 Å². The largest absolute Gasteiger partial charge is 0.387 e. The summed E-state index contributed by atoms with van der Waals surface area (Å²) in [5.74, 6) is 0. The van der Waals surface area contributed by atoms with Crippen LogP contribution in [-0.4, -0.2) is 5.11 Å². The number of benzene rings is 1. The average molecular weight is 189 g/mol. The van der Waals surface area contributed by atoms with Crippen LogP contribution in [0, 0.1) is 16.7 Å². The van der Waals surface area contributed by atoms with Crippen molar-refractivity contribution in [3.8, 4) is 6.07 Å². The molecule has 0 fully saturated rings. The van der Waals surface area contributed by atoms with Gasteiger partial charge >= 0.3 is 0 Å². The third-order valence-electron chi connectivity index (χ3n) is 2.71. The number of nitriles is 1. The van der Waals surface area contributed by atoms with E-state index in [0.29, 0.717) is 6.42 Å². The van der Waals surface area contributed by atoms with E-state index in [2.05, 4.69) is 6.07 Å². The van der Waals surface area contributed by atoms with Crippen LogP contribution in [0.3, 0.4) is 0 Å². The first-order chi connectivity index (χ1) is 6.64. The van der Waals surface area contributed by atoms with Crippen LogP contribution in [0.25, 0.3) is 0 Å². The average Bonchev–Trinajstić information content (AvgIpc) is 2.28. The Balaban J connectivity index is 2.96.